The lowest BCUT2D eigenvalue weighted by Crippen LogP contribution is -2.43. The fourth-order valence-corrected chi connectivity index (χ4v) is 2.25. The third-order valence-corrected chi connectivity index (χ3v) is 4.43. The van der Waals surface area contributed by atoms with Gasteiger partial charge in [-0.15, -0.1) is 0 Å². The second-order valence-electron chi connectivity index (χ2n) is 5.79. The molecule has 4 nitrogen and oxygen atoms in total. The van der Waals surface area contributed by atoms with Crippen LogP contribution in [-0.4, -0.2) is 32.9 Å². The van der Waals surface area contributed by atoms with Gasteiger partial charge in [-0.1, -0.05) is 13.0 Å². The molecule has 1 rings (SSSR count). The molecule has 0 spiro atoms. The van der Waals surface area contributed by atoms with Crippen LogP contribution in [0.3, 0.4) is 0 Å². The van der Waals surface area contributed by atoms with Gasteiger partial charge in [-0.05, 0) is 45.4 Å². The van der Waals surface area contributed by atoms with Crippen molar-refractivity contribution >= 4 is 9.84 Å². The number of nitrogens with one attached hydrogen (secondary N) is 1. The molecule has 20 heavy (non-hydrogen) atoms. The van der Waals surface area contributed by atoms with Gasteiger partial charge in [-0.3, -0.25) is 0 Å². The van der Waals surface area contributed by atoms with E-state index in [0.717, 1.165) is 6.42 Å². The summed E-state index contributed by atoms with van der Waals surface area (Å²) in [5.74, 6) is 0.580. The van der Waals surface area contributed by atoms with E-state index in [1.54, 1.807) is 24.3 Å². The fourth-order valence-electron chi connectivity index (χ4n) is 1.60. The molecule has 114 valence electrons. The molecule has 0 aliphatic carbocycles. The zero-order valence-corrected chi connectivity index (χ0v) is 13.8. The molecule has 1 N–H and O–H groups in total. The lowest BCUT2D eigenvalue weighted by atomic mass is 10.0. The predicted molar refractivity (Wildman–Crippen MR) is 82.0 cm³/mol. The first-order chi connectivity index (χ1) is 9.14. The molecule has 0 aromatic heterocycles. The van der Waals surface area contributed by atoms with Crippen molar-refractivity contribution in [1.29, 1.82) is 0 Å². The summed E-state index contributed by atoms with van der Waals surface area (Å²) in [5.41, 5.74) is 0.0756. The average Bonchev–Trinajstić information content (AvgIpc) is 2.36. The second kappa shape index (κ2) is 6.59. The third-order valence-electron chi connectivity index (χ3n) is 3.32. The Bertz CT molecular complexity index is 538. The zero-order valence-electron chi connectivity index (χ0n) is 12.9. The molecule has 0 fully saturated rings. The molecular formula is C15H25NO3S. The quantitative estimate of drug-likeness (QED) is 0.841. The summed E-state index contributed by atoms with van der Waals surface area (Å²) in [5, 5.41) is 3.43. The highest BCUT2D eigenvalue weighted by molar-refractivity contribution is 7.90. The Balaban J connectivity index is 2.65. The average molecular weight is 299 g/mol. The van der Waals surface area contributed by atoms with Crippen molar-refractivity contribution in [3.05, 3.63) is 24.3 Å². The molecule has 1 aromatic carbocycles. The van der Waals surface area contributed by atoms with Crippen LogP contribution in [0.15, 0.2) is 29.2 Å². The van der Waals surface area contributed by atoms with Gasteiger partial charge in [0.25, 0.3) is 0 Å². The molecule has 0 saturated carbocycles. The van der Waals surface area contributed by atoms with Crippen LogP contribution in [0.5, 0.6) is 5.75 Å². The molecule has 0 bridgehead atoms. The molecule has 0 heterocycles. The smallest absolute Gasteiger partial charge is 0.175 e. The minimum atomic E-state index is -3.20. The van der Waals surface area contributed by atoms with Crippen molar-refractivity contribution in [2.24, 2.45) is 0 Å². The minimum absolute atomic E-state index is 0.0318. The van der Waals surface area contributed by atoms with Gasteiger partial charge in [-0.25, -0.2) is 8.42 Å². The van der Waals surface area contributed by atoms with E-state index >= 15 is 0 Å². The lowest BCUT2D eigenvalue weighted by molar-refractivity contribution is 0.198. The van der Waals surface area contributed by atoms with Crippen molar-refractivity contribution in [1.82, 2.24) is 5.32 Å². The van der Waals surface area contributed by atoms with E-state index in [1.165, 1.54) is 6.26 Å². The first-order valence-electron chi connectivity index (χ1n) is 6.86. The zero-order chi connectivity index (χ0) is 15.4. The fraction of sp³-hybridized carbons (Fsp3) is 0.600. The van der Waals surface area contributed by atoms with Gasteiger partial charge < -0.3 is 10.1 Å². The summed E-state index contributed by atoms with van der Waals surface area (Å²) in [7, 11) is -3.20. The van der Waals surface area contributed by atoms with Crippen LogP contribution in [0, 0.1) is 0 Å². The standard InChI is InChI=1S/C15H25NO3S/c1-6-15(3,4)16-11-12(2)19-13-8-7-9-14(10-13)20(5,17)18/h7-10,12,16H,6,11H2,1-5H3. The Morgan fingerprint density at radius 3 is 2.55 bits per heavy atom. The number of hydrogen-bond donors (Lipinski definition) is 1. The van der Waals surface area contributed by atoms with Crippen LogP contribution < -0.4 is 10.1 Å². The van der Waals surface area contributed by atoms with Crippen molar-refractivity contribution in [2.45, 2.75) is 50.7 Å². The number of hydrogen-bond acceptors (Lipinski definition) is 4. The van der Waals surface area contributed by atoms with Crippen molar-refractivity contribution in [2.75, 3.05) is 12.8 Å². The monoisotopic (exact) mass is 299 g/mol. The highest BCUT2D eigenvalue weighted by Crippen LogP contribution is 2.18. The van der Waals surface area contributed by atoms with Crippen LogP contribution in [0.2, 0.25) is 0 Å². The molecule has 1 aromatic rings. The summed E-state index contributed by atoms with van der Waals surface area (Å²) < 4.78 is 28.8. The molecule has 5 heteroatoms. The highest BCUT2D eigenvalue weighted by Gasteiger charge is 2.16. The molecule has 0 amide bonds. The predicted octanol–water partition coefficient (Wildman–Crippen LogP) is 2.64. The Morgan fingerprint density at radius 1 is 1.35 bits per heavy atom. The molecule has 0 radical (unpaired) electrons. The summed E-state index contributed by atoms with van der Waals surface area (Å²) >= 11 is 0. The number of sulfone groups is 1. The molecule has 1 atom stereocenters. The van der Waals surface area contributed by atoms with Gasteiger partial charge in [-0.2, -0.15) is 0 Å². The van der Waals surface area contributed by atoms with Gasteiger partial charge in [0, 0.05) is 18.3 Å². The maximum absolute atomic E-state index is 11.5. The minimum Gasteiger partial charge on any atom is -0.489 e. The Labute approximate surface area is 122 Å². The summed E-state index contributed by atoms with van der Waals surface area (Å²) in [4.78, 5) is 0.282. The van der Waals surface area contributed by atoms with Gasteiger partial charge in [0.15, 0.2) is 9.84 Å². The van der Waals surface area contributed by atoms with Crippen LogP contribution >= 0.6 is 0 Å². The number of benzene rings is 1. The lowest BCUT2D eigenvalue weighted by Gasteiger charge is -2.27. The molecule has 0 aliphatic rings. The van der Waals surface area contributed by atoms with Gasteiger partial charge in [0.2, 0.25) is 0 Å². The van der Waals surface area contributed by atoms with Crippen molar-refractivity contribution < 1.29 is 13.2 Å². The Kier molecular flexibility index (Phi) is 5.59. The third kappa shape index (κ3) is 5.51. The van der Waals surface area contributed by atoms with E-state index in [0.29, 0.717) is 12.3 Å². The van der Waals surface area contributed by atoms with E-state index in [1.807, 2.05) is 6.92 Å². The van der Waals surface area contributed by atoms with Gasteiger partial charge in [0.1, 0.15) is 11.9 Å². The molecule has 0 saturated heterocycles. The van der Waals surface area contributed by atoms with E-state index in [4.69, 9.17) is 4.74 Å². The Hall–Kier alpha value is -1.07. The molecule has 1 unspecified atom stereocenters. The normalized spacial score (nSPS) is 14.1. The summed E-state index contributed by atoms with van der Waals surface area (Å²) in [6.45, 7) is 9.10. The van der Waals surface area contributed by atoms with Gasteiger partial charge >= 0.3 is 0 Å². The van der Waals surface area contributed by atoms with Crippen LogP contribution in [0.4, 0.5) is 0 Å². The van der Waals surface area contributed by atoms with Crippen molar-refractivity contribution in [3.63, 3.8) is 0 Å². The molecule has 0 aliphatic heterocycles. The van der Waals surface area contributed by atoms with Crippen molar-refractivity contribution in [3.8, 4) is 5.75 Å². The maximum atomic E-state index is 11.5. The van der Waals surface area contributed by atoms with E-state index in [2.05, 4.69) is 26.1 Å². The van der Waals surface area contributed by atoms with E-state index < -0.39 is 9.84 Å². The first kappa shape index (κ1) is 17.0. The number of ether oxygens (including phenoxy) is 1. The number of rotatable bonds is 7. The highest BCUT2D eigenvalue weighted by atomic mass is 32.2. The topological polar surface area (TPSA) is 55.4 Å². The van der Waals surface area contributed by atoms with E-state index in [-0.39, 0.29) is 16.5 Å². The van der Waals surface area contributed by atoms with E-state index in [9.17, 15) is 8.42 Å². The Morgan fingerprint density at radius 2 is 2.00 bits per heavy atom. The summed E-state index contributed by atoms with van der Waals surface area (Å²) in [6.07, 6.45) is 2.19. The van der Waals surface area contributed by atoms with Crippen LogP contribution in [-0.2, 0) is 9.84 Å². The maximum Gasteiger partial charge on any atom is 0.175 e. The van der Waals surface area contributed by atoms with Crippen LogP contribution in [0.25, 0.3) is 0 Å². The van der Waals surface area contributed by atoms with Crippen LogP contribution in [0.1, 0.15) is 34.1 Å². The molecular weight excluding hydrogens is 274 g/mol. The second-order valence-corrected chi connectivity index (χ2v) is 7.81. The largest absolute Gasteiger partial charge is 0.489 e. The SMILES string of the molecule is CCC(C)(C)NCC(C)Oc1cccc(S(C)(=O)=O)c1. The van der Waals surface area contributed by atoms with Gasteiger partial charge in [0.05, 0.1) is 4.90 Å². The first-order valence-corrected chi connectivity index (χ1v) is 8.75. The summed E-state index contributed by atoms with van der Waals surface area (Å²) in [6, 6.07) is 6.61.